The van der Waals surface area contributed by atoms with E-state index in [0.29, 0.717) is 0 Å². The lowest BCUT2D eigenvalue weighted by Crippen LogP contribution is -1.96. The van der Waals surface area contributed by atoms with Gasteiger partial charge in [-0.05, 0) is 17.5 Å². The van der Waals surface area contributed by atoms with E-state index >= 15 is 0 Å². The average Bonchev–Trinajstić information content (AvgIpc) is 2.26. The maximum atomic E-state index is 10.6. The van der Waals surface area contributed by atoms with Crippen LogP contribution in [-0.4, -0.2) is 12.0 Å². The zero-order valence-corrected chi connectivity index (χ0v) is 8.77. The molecule has 0 N–H and O–H groups in total. The number of benzene rings is 1. The first-order valence-corrected chi connectivity index (χ1v) is 4.55. The first kappa shape index (κ1) is 11.2. The lowest BCUT2D eigenvalue weighted by atomic mass is 10.0. The molecule has 0 bridgehead atoms. The maximum absolute atomic E-state index is 10.6. The van der Waals surface area contributed by atoms with Crippen molar-refractivity contribution in [3.05, 3.63) is 46.5 Å². The number of hydrogen-bond acceptors (Lipinski definition) is 3. The molecular formula is C11H13NO3. The third-order valence-corrected chi connectivity index (χ3v) is 2.28. The van der Waals surface area contributed by atoms with E-state index in [0.717, 1.165) is 5.56 Å². The molecule has 4 heteroatoms. The largest absolute Gasteiger partial charge is 0.490 e. The summed E-state index contributed by atoms with van der Waals surface area (Å²) < 4.78 is 4.97. The van der Waals surface area contributed by atoms with Crippen LogP contribution < -0.4 is 4.74 Å². The average molecular weight is 207 g/mol. The zero-order valence-electron chi connectivity index (χ0n) is 8.77. The Bertz CT molecular complexity index is 387. The van der Waals surface area contributed by atoms with Crippen molar-refractivity contribution in [2.45, 2.75) is 12.8 Å². The molecule has 1 aromatic rings. The Morgan fingerprint density at radius 2 is 2.27 bits per heavy atom. The number of ether oxygens (including phenoxy) is 1. The van der Waals surface area contributed by atoms with E-state index in [-0.39, 0.29) is 17.4 Å². The summed E-state index contributed by atoms with van der Waals surface area (Å²) in [5.41, 5.74) is 0.935. The zero-order chi connectivity index (χ0) is 11.4. The van der Waals surface area contributed by atoms with Gasteiger partial charge in [0.05, 0.1) is 12.0 Å². The van der Waals surface area contributed by atoms with Crippen molar-refractivity contribution in [1.82, 2.24) is 0 Å². The fourth-order valence-electron chi connectivity index (χ4n) is 1.26. The maximum Gasteiger partial charge on any atom is 0.310 e. The molecule has 1 aromatic carbocycles. The molecule has 0 saturated heterocycles. The third kappa shape index (κ3) is 2.34. The molecule has 1 atom stereocenters. The Morgan fingerprint density at radius 1 is 1.60 bits per heavy atom. The van der Waals surface area contributed by atoms with E-state index in [1.807, 2.05) is 6.92 Å². The van der Waals surface area contributed by atoms with E-state index in [2.05, 4.69) is 6.58 Å². The predicted molar refractivity (Wildman–Crippen MR) is 58.3 cm³/mol. The van der Waals surface area contributed by atoms with Crippen LogP contribution >= 0.6 is 0 Å². The van der Waals surface area contributed by atoms with Crippen LogP contribution in [0.4, 0.5) is 5.69 Å². The molecule has 4 nitrogen and oxygen atoms in total. The van der Waals surface area contributed by atoms with Crippen LogP contribution in [0, 0.1) is 10.1 Å². The molecule has 0 spiro atoms. The van der Waals surface area contributed by atoms with Gasteiger partial charge >= 0.3 is 5.69 Å². The molecule has 0 aliphatic rings. The quantitative estimate of drug-likeness (QED) is 0.433. The number of rotatable bonds is 4. The standard InChI is InChI=1S/C11H13NO3/c1-4-8(2)9-5-6-10(12(13)14)11(7-9)15-3/h4-8H,1H2,2-3H3. The minimum absolute atomic E-state index is 0.0162. The molecule has 0 radical (unpaired) electrons. The second-order valence-electron chi connectivity index (χ2n) is 3.21. The van der Waals surface area contributed by atoms with Crippen LogP contribution in [0.2, 0.25) is 0 Å². The molecule has 0 aromatic heterocycles. The smallest absolute Gasteiger partial charge is 0.310 e. The molecule has 0 aliphatic carbocycles. The second-order valence-corrected chi connectivity index (χ2v) is 3.21. The fraction of sp³-hybridized carbons (Fsp3) is 0.273. The number of methoxy groups -OCH3 is 1. The third-order valence-electron chi connectivity index (χ3n) is 2.28. The summed E-state index contributed by atoms with van der Waals surface area (Å²) in [5, 5.41) is 10.6. The van der Waals surface area contributed by atoms with E-state index in [4.69, 9.17) is 4.74 Å². The molecule has 0 amide bonds. The second kappa shape index (κ2) is 4.59. The monoisotopic (exact) mass is 207 g/mol. The summed E-state index contributed by atoms with van der Waals surface area (Å²) in [6, 6.07) is 4.84. The van der Waals surface area contributed by atoms with Crippen molar-refractivity contribution in [3.8, 4) is 5.75 Å². The number of hydrogen-bond donors (Lipinski definition) is 0. The van der Waals surface area contributed by atoms with Gasteiger partial charge < -0.3 is 4.74 Å². The molecule has 1 rings (SSSR count). The van der Waals surface area contributed by atoms with Gasteiger partial charge in [0.1, 0.15) is 0 Å². The Hall–Kier alpha value is -1.84. The van der Waals surface area contributed by atoms with Crippen molar-refractivity contribution in [2.24, 2.45) is 0 Å². The highest BCUT2D eigenvalue weighted by Gasteiger charge is 2.15. The summed E-state index contributed by atoms with van der Waals surface area (Å²) in [4.78, 5) is 10.2. The number of nitro groups is 1. The topological polar surface area (TPSA) is 52.4 Å². The molecule has 0 aliphatic heterocycles. The SMILES string of the molecule is C=CC(C)c1ccc([N+](=O)[O-])c(OC)c1. The molecule has 15 heavy (non-hydrogen) atoms. The van der Waals surface area contributed by atoms with Crippen molar-refractivity contribution in [2.75, 3.05) is 7.11 Å². The van der Waals surface area contributed by atoms with Crippen LogP contribution in [0.3, 0.4) is 0 Å². The van der Waals surface area contributed by atoms with Gasteiger partial charge in [-0.1, -0.05) is 19.1 Å². The van der Waals surface area contributed by atoms with Crippen LogP contribution in [-0.2, 0) is 0 Å². The summed E-state index contributed by atoms with van der Waals surface area (Å²) in [5.74, 6) is 0.436. The van der Waals surface area contributed by atoms with Gasteiger partial charge in [0, 0.05) is 6.07 Å². The van der Waals surface area contributed by atoms with Crippen molar-refractivity contribution >= 4 is 5.69 Å². The van der Waals surface area contributed by atoms with E-state index < -0.39 is 4.92 Å². The van der Waals surface area contributed by atoms with Crippen molar-refractivity contribution in [3.63, 3.8) is 0 Å². The first-order chi connectivity index (χ1) is 7.10. The Morgan fingerprint density at radius 3 is 2.73 bits per heavy atom. The normalized spacial score (nSPS) is 11.9. The highest BCUT2D eigenvalue weighted by atomic mass is 16.6. The molecule has 0 heterocycles. The number of allylic oxidation sites excluding steroid dienone is 1. The number of nitrogens with zero attached hydrogens (tertiary/aromatic N) is 1. The van der Waals surface area contributed by atoms with E-state index in [1.165, 1.54) is 13.2 Å². The molecule has 0 fully saturated rings. The number of nitro benzene ring substituents is 1. The fourth-order valence-corrected chi connectivity index (χ4v) is 1.26. The molecule has 1 unspecified atom stereocenters. The summed E-state index contributed by atoms with van der Waals surface area (Å²) in [7, 11) is 1.42. The Balaban J connectivity index is 3.18. The molecular weight excluding hydrogens is 194 g/mol. The highest BCUT2D eigenvalue weighted by Crippen LogP contribution is 2.30. The summed E-state index contributed by atoms with van der Waals surface area (Å²) in [6.45, 7) is 5.64. The van der Waals surface area contributed by atoms with Crippen LogP contribution in [0.25, 0.3) is 0 Å². The minimum Gasteiger partial charge on any atom is -0.490 e. The van der Waals surface area contributed by atoms with E-state index in [1.54, 1.807) is 18.2 Å². The Labute approximate surface area is 88.3 Å². The van der Waals surface area contributed by atoms with Gasteiger partial charge in [-0.25, -0.2) is 0 Å². The van der Waals surface area contributed by atoms with Crippen molar-refractivity contribution < 1.29 is 9.66 Å². The van der Waals surface area contributed by atoms with Gasteiger partial charge in [0.15, 0.2) is 5.75 Å². The van der Waals surface area contributed by atoms with E-state index in [9.17, 15) is 10.1 Å². The van der Waals surface area contributed by atoms with Gasteiger partial charge in [0.2, 0.25) is 0 Å². The lowest BCUT2D eigenvalue weighted by Gasteiger charge is -2.08. The minimum atomic E-state index is -0.457. The van der Waals surface area contributed by atoms with Crippen LogP contribution in [0.1, 0.15) is 18.4 Å². The van der Waals surface area contributed by atoms with Crippen LogP contribution in [0.5, 0.6) is 5.75 Å². The first-order valence-electron chi connectivity index (χ1n) is 4.55. The Kier molecular flexibility index (Phi) is 3.44. The van der Waals surface area contributed by atoms with Gasteiger partial charge in [-0.2, -0.15) is 0 Å². The van der Waals surface area contributed by atoms with Crippen molar-refractivity contribution in [1.29, 1.82) is 0 Å². The van der Waals surface area contributed by atoms with Crippen LogP contribution in [0.15, 0.2) is 30.9 Å². The highest BCUT2D eigenvalue weighted by molar-refractivity contribution is 5.49. The van der Waals surface area contributed by atoms with Gasteiger partial charge in [-0.3, -0.25) is 10.1 Å². The predicted octanol–water partition coefficient (Wildman–Crippen LogP) is 2.89. The summed E-state index contributed by atoms with van der Waals surface area (Å²) >= 11 is 0. The molecule has 0 saturated carbocycles. The lowest BCUT2D eigenvalue weighted by molar-refractivity contribution is -0.385. The van der Waals surface area contributed by atoms with Gasteiger partial charge in [-0.15, -0.1) is 6.58 Å². The van der Waals surface area contributed by atoms with Gasteiger partial charge in [0.25, 0.3) is 0 Å². The summed E-state index contributed by atoms with van der Waals surface area (Å²) in [6.07, 6.45) is 1.78. The molecule has 80 valence electrons.